The van der Waals surface area contributed by atoms with Gasteiger partial charge in [0.25, 0.3) is 5.91 Å². The molecule has 0 spiro atoms. The summed E-state index contributed by atoms with van der Waals surface area (Å²) in [5, 5.41) is 1.18. The number of aryl methyl sites for hydroxylation is 1. The summed E-state index contributed by atoms with van der Waals surface area (Å²) in [5.41, 5.74) is 3.09. The number of hydrogen-bond donors (Lipinski definition) is 1. The lowest BCUT2D eigenvalue weighted by molar-refractivity contribution is -0.148. The molecule has 3 aromatic rings. The highest BCUT2D eigenvalue weighted by atomic mass is 16.5. The predicted octanol–water partition coefficient (Wildman–Crippen LogP) is 4.48. The van der Waals surface area contributed by atoms with Gasteiger partial charge < -0.3 is 14.6 Å². The second-order valence-electron chi connectivity index (χ2n) is 7.07. The molecule has 1 aromatic heterocycles. The molecule has 0 radical (unpaired) electrons. The van der Waals surface area contributed by atoms with E-state index in [1.165, 1.54) is 10.9 Å². The van der Waals surface area contributed by atoms with Crippen LogP contribution < -0.4 is 4.90 Å². The van der Waals surface area contributed by atoms with Gasteiger partial charge >= 0.3 is 5.97 Å². The molecule has 0 saturated carbocycles. The second kappa shape index (κ2) is 9.22. The van der Waals surface area contributed by atoms with E-state index in [0.29, 0.717) is 12.8 Å². The van der Waals surface area contributed by atoms with Crippen molar-refractivity contribution in [2.45, 2.75) is 39.2 Å². The minimum absolute atomic E-state index is 0.0181. The van der Waals surface area contributed by atoms with E-state index >= 15 is 0 Å². The molecule has 5 heteroatoms. The highest BCUT2D eigenvalue weighted by molar-refractivity contribution is 5.95. The summed E-state index contributed by atoms with van der Waals surface area (Å²) in [4.78, 5) is 29.5. The number of carbonyl (C=O) groups is 2. The number of anilines is 1. The average molecular weight is 378 g/mol. The number of nitrogens with one attached hydrogen (secondary N) is 1. The number of H-pyrrole nitrogens is 1. The maximum absolute atomic E-state index is 12.5. The van der Waals surface area contributed by atoms with E-state index in [2.05, 4.69) is 11.1 Å². The first-order valence-electron chi connectivity index (χ1n) is 9.64. The van der Waals surface area contributed by atoms with E-state index in [9.17, 15) is 9.59 Å². The van der Waals surface area contributed by atoms with Crippen LogP contribution in [-0.2, 0) is 20.7 Å². The average Bonchev–Trinajstić information content (AvgIpc) is 3.10. The summed E-state index contributed by atoms with van der Waals surface area (Å²) in [5.74, 6) is -0.559. The van der Waals surface area contributed by atoms with E-state index in [1.807, 2.05) is 68.6 Å². The first-order valence-corrected chi connectivity index (χ1v) is 9.64. The summed E-state index contributed by atoms with van der Waals surface area (Å²) in [6.07, 6.45) is 3.75. The summed E-state index contributed by atoms with van der Waals surface area (Å²) in [6, 6.07) is 17.5. The van der Waals surface area contributed by atoms with E-state index in [1.54, 1.807) is 4.90 Å². The lowest BCUT2D eigenvalue weighted by Gasteiger charge is -2.26. The van der Waals surface area contributed by atoms with Gasteiger partial charge in [0.05, 0.1) is 0 Å². The zero-order chi connectivity index (χ0) is 19.9. The first kappa shape index (κ1) is 19.7. The Kier molecular flexibility index (Phi) is 6.48. The van der Waals surface area contributed by atoms with E-state index in [-0.39, 0.29) is 24.5 Å². The summed E-state index contributed by atoms with van der Waals surface area (Å²) in [6.45, 7) is 3.64. The molecule has 0 unspecified atom stereocenters. The van der Waals surface area contributed by atoms with Crippen molar-refractivity contribution in [2.24, 2.45) is 0 Å². The number of rotatable bonds is 8. The number of esters is 1. The van der Waals surface area contributed by atoms with Crippen LogP contribution in [0.25, 0.3) is 10.9 Å². The number of aromatic amines is 1. The Labute approximate surface area is 165 Å². The molecule has 28 heavy (non-hydrogen) atoms. The zero-order valence-electron chi connectivity index (χ0n) is 16.4. The third-order valence-electron chi connectivity index (χ3n) is 4.68. The van der Waals surface area contributed by atoms with Gasteiger partial charge in [0.1, 0.15) is 0 Å². The Bertz CT molecular complexity index is 931. The molecule has 1 N–H and O–H groups in total. The number of para-hydroxylation sites is 2. The van der Waals surface area contributed by atoms with Gasteiger partial charge in [0, 0.05) is 35.2 Å². The van der Waals surface area contributed by atoms with Crippen molar-refractivity contribution >= 4 is 28.5 Å². The molecule has 0 saturated heterocycles. The first-order chi connectivity index (χ1) is 13.6. The van der Waals surface area contributed by atoms with Gasteiger partial charge in [-0.2, -0.15) is 0 Å². The monoisotopic (exact) mass is 378 g/mol. The van der Waals surface area contributed by atoms with Gasteiger partial charge in [0.15, 0.2) is 6.61 Å². The van der Waals surface area contributed by atoms with Crippen LogP contribution in [0.1, 0.15) is 32.3 Å². The lowest BCUT2D eigenvalue weighted by Crippen LogP contribution is -2.39. The fourth-order valence-corrected chi connectivity index (χ4v) is 3.36. The van der Waals surface area contributed by atoms with Crippen molar-refractivity contribution in [1.29, 1.82) is 0 Å². The third kappa shape index (κ3) is 4.80. The van der Waals surface area contributed by atoms with Crippen molar-refractivity contribution < 1.29 is 14.3 Å². The van der Waals surface area contributed by atoms with E-state index in [0.717, 1.165) is 17.6 Å². The quantitative estimate of drug-likeness (QED) is 0.588. The van der Waals surface area contributed by atoms with Crippen molar-refractivity contribution in [3.8, 4) is 0 Å². The minimum Gasteiger partial charge on any atom is -0.456 e. The van der Waals surface area contributed by atoms with Crippen molar-refractivity contribution in [2.75, 3.05) is 11.5 Å². The van der Waals surface area contributed by atoms with Crippen LogP contribution in [0.2, 0.25) is 0 Å². The van der Waals surface area contributed by atoms with Crippen LogP contribution in [0.4, 0.5) is 5.69 Å². The number of nitrogens with zero attached hydrogens (tertiary/aromatic N) is 1. The zero-order valence-corrected chi connectivity index (χ0v) is 16.4. The van der Waals surface area contributed by atoms with Crippen LogP contribution in [0.5, 0.6) is 0 Å². The van der Waals surface area contributed by atoms with Crippen LogP contribution >= 0.6 is 0 Å². The van der Waals surface area contributed by atoms with Gasteiger partial charge in [-0.05, 0) is 50.5 Å². The minimum atomic E-state index is -0.343. The number of amides is 1. The van der Waals surface area contributed by atoms with Crippen LogP contribution in [-0.4, -0.2) is 29.5 Å². The van der Waals surface area contributed by atoms with Gasteiger partial charge in [-0.1, -0.05) is 36.4 Å². The standard InChI is InChI=1S/C23H26N2O3/c1-17(2)25(19-10-4-3-5-11-19)22(26)16-28-23(27)14-8-9-18-15-24-21-13-7-6-12-20(18)21/h3-7,10-13,15,17,24H,8-9,14,16H2,1-2H3. The topological polar surface area (TPSA) is 62.4 Å². The van der Waals surface area contributed by atoms with Crippen molar-refractivity contribution in [3.63, 3.8) is 0 Å². The van der Waals surface area contributed by atoms with E-state index < -0.39 is 0 Å². The number of carbonyl (C=O) groups excluding carboxylic acids is 2. The van der Waals surface area contributed by atoms with Crippen molar-refractivity contribution in [1.82, 2.24) is 4.98 Å². The molecule has 0 atom stereocenters. The Morgan fingerprint density at radius 2 is 1.75 bits per heavy atom. The maximum atomic E-state index is 12.5. The lowest BCUT2D eigenvalue weighted by atomic mass is 10.1. The maximum Gasteiger partial charge on any atom is 0.306 e. The summed E-state index contributed by atoms with van der Waals surface area (Å²) < 4.78 is 5.23. The van der Waals surface area contributed by atoms with Gasteiger partial charge in [-0.25, -0.2) is 0 Å². The fraction of sp³-hybridized carbons (Fsp3) is 0.304. The highest BCUT2D eigenvalue weighted by Crippen LogP contribution is 2.20. The number of benzene rings is 2. The third-order valence-corrected chi connectivity index (χ3v) is 4.68. The Morgan fingerprint density at radius 1 is 1.04 bits per heavy atom. The highest BCUT2D eigenvalue weighted by Gasteiger charge is 2.20. The molecular weight excluding hydrogens is 352 g/mol. The Hall–Kier alpha value is -3.08. The number of hydrogen-bond acceptors (Lipinski definition) is 3. The summed E-state index contributed by atoms with van der Waals surface area (Å²) >= 11 is 0. The molecule has 1 amide bonds. The van der Waals surface area contributed by atoms with Crippen molar-refractivity contribution in [3.05, 3.63) is 66.4 Å². The normalized spacial score (nSPS) is 11.0. The van der Waals surface area contributed by atoms with Gasteiger partial charge in [-0.3, -0.25) is 9.59 Å². The molecule has 1 heterocycles. The molecule has 146 valence electrons. The van der Waals surface area contributed by atoms with Gasteiger partial charge in [0.2, 0.25) is 0 Å². The molecule has 3 rings (SSSR count). The fourth-order valence-electron chi connectivity index (χ4n) is 3.36. The van der Waals surface area contributed by atoms with Crippen LogP contribution in [0.3, 0.4) is 0 Å². The summed E-state index contributed by atoms with van der Waals surface area (Å²) in [7, 11) is 0. The van der Waals surface area contributed by atoms with E-state index in [4.69, 9.17) is 4.74 Å². The Balaban J connectivity index is 1.47. The molecule has 0 aliphatic rings. The molecule has 0 aliphatic heterocycles. The number of ether oxygens (including phenoxy) is 1. The second-order valence-corrected chi connectivity index (χ2v) is 7.07. The van der Waals surface area contributed by atoms with Crippen LogP contribution in [0, 0.1) is 0 Å². The largest absolute Gasteiger partial charge is 0.456 e. The predicted molar refractivity (Wildman–Crippen MR) is 111 cm³/mol. The van der Waals surface area contributed by atoms with Gasteiger partial charge in [-0.15, -0.1) is 0 Å². The number of aromatic nitrogens is 1. The molecular formula is C23H26N2O3. The SMILES string of the molecule is CC(C)N(C(=O)COC(=O)CCCc1c[nH]c2ccccc12)c1ccccc1. The smallest absolute Gasteiger partial charge is 0.306 e. The van der Waals surface area contributed by atoms with Crippen LogP contribution in [0.15, 0.2) is 60.8 Å². The number of fused-ring (bicyclic) bond motifs is 1. The molecule has 2 aromatic carbocycles. The molecule has 0 fully saturated rings. The molecule has 0 bridgehead atoms. The molecule has 5 nitrogen and oxygen atoms in total. The Morgan fingerprint density at radius 3 is 2.50 bits per heavy atom. The molecule has 0 aliphatic carbocycles.